The SMILES string of the molecule is C/C(=N/NC(=O)CSc1nc2ccccc2c(=O)n1-c1ccccc1C)c1ccc([N+](=O)[O-])cc1. The topological polar surface area (TPSA) is 119 Å². The number of nitrogens with one attached hydrogen (secondary N) is 1. The molecule has 1 heterocycles. The van der Waals surface area contributed by atoms with Crippen molar-refractivity contribution in [3.8, 4) is 5.69 Å². The average Bonchev–Trinajstić information content (AvgIpc) is 2.87. The van der Waals surface area contributed by atoms with E-state index in [1.54, 1.807) is 37.3 Å². The fourth-order valence-electron chi connectivity index (χ4n) is 3.43. The third-order valence-electron chi connectivity index (χ3n) is 5.28. The van der Waals surface area contributed by atoms with Gasteiger partial charge in [-0.25, -0.2) is 10.4 Å². The second-order valence-electron chi connectivity index (χ2n) is 7.66. The summed E-state index contributed by atoms with van der Waals surface area (Å²) >= 11 is 1.14. The largest absolute Gasteiger partial charge is 0.272 e. The number of fused-ring (bicyclic) bond motifs is 1. The van der Waals surface area contributed by atoms with E-state index in [-0.39, 0.29) is 22.9 Å². The van der Waals surface area contributed by atoms with Crippen LogP contribution >= 0.6 is 11.8 Å². The van der Waals surface area contributed by atoms with Gasteiger partial charge in [0.1, 0.15) is 0 Å². The summed E-state index contributed by atoms with van der Waals surface area (Å²) in [5.74, 6) is -0.400. The molecular weight excluding hydrogens is 466 g/mol. The zero-order valence-electron chi connectivity index (χ0n) is 19.0. The van der Waals surface area contributed by atoms with Crippen LogP contribution in [0.1, 0.15) is 18.1 Å². The number of aryl methyl sites for hydroxylation is 1. The monoisotopic (exact) mass is 487 g/mol. The molecule has 4 rings (SSSR count). The van der Waals surface area contributed by atoms with E-state index in [0.29, 0.717) is 33.0 Å². The summed E-state index contributed by atoms with van der Waals surface area (Å²) in [6, 6.07) is 20.5. The van der Waals surface area contributed by atoms with E-state index in [0.717, 1.165) is 17.3 Å². The molecule has 0 radical (unpaired) electrons. The molecule has 3 aromatic carbocycles. The van der Waals surface area contributed by atoms with Crippen LogP contribution in [0, 0.1) is 17.0 Å². The fourth-order valence-corrected chi connectivity index (χ4v) is 4.23. The molecule has 35 heavy (non-hydrogen) atoms. The molecule has 0 aliphatic heterocycles. The minimum Gasteiger partial charge on any atom is -0.272 e. The molecule has 0 aliphatic carbocycles. The van der Waals surface area contributed by atoms with Crippen LogP contribution in [-0.4, -0.2) is 31.8 Å². The molecule has 176 valence electrons. The van der Waals surface area contributed by atoms with E-state index in [1.165, 1.54) is 16.7 Å². The lowest BCUT2D eigenvalue weighted by atomic mass is 10.1. The maximum absolute atomic E-state index is 13.3. The molecule has 9 nitrogen and oxygen atoms in total. The van der Waals surface area contributed by atoms with Crippen molar-refractivity contribution in [1.29, 1.82) is 0 Å². The van der Waals surface area contributed by atoms with Crippen molar-refractivity contribution in [2.24, 2.45) is 5.10 Å². The number of rotatable bonds is 7. The molecule has 0 aliphatic rings. The van der Waals surface area contributed by atoms with Gasteiger partial charge < -0.3 is 0 Å². The van der Waals surface area contributed by atoms with Crippen LogP contribution < -0.4 is 11.0 Å². The van der Waals surface area contributed by atoms with Crippen LogP contribution in [0.5, 0.6) is 0 Å². The number of benzene rings is 3. The molecular formula is C25H21N5O4S. The van der Waals surface area contributed by atoms with Crippen LogP contribution in [0.2, 0.25) is 0 Å². The molecule has 0 saturated heterocycles. The van der Waals surface area contributed by atoms with E-state index < -0.39 is 4.92 Å². The molecule has 0 bridgehead atoms. The Morgan fingerprint density at radius 3 is 2.49 bits per heavy atom. The Labute approximate surface area is 204 Å². The van der Waals surface area contributed by atoms with Crippen molar-refractivity contribution in [2.45, 2.75) is 19.0 Å². The van der Waals surface area contributed by atoms with Crippen molar-refractivity contribution in [3.63, 3.8) is 0 Å². The third kappa shape index (κ3) is 5.28. The fraction of sp³-hybridized carbons (Fsp3) is 0.120. The van der Waals surface area contributed by atoms with Gasteiger partial charge in [0.2, 0.25) is 0 Å². The van der Waals surface area contributed by atoms with Gasteiger partial charge in [-0.05, 0) is 55.3 Å². The van der Waals surface area contributed by atoms with Gasteiger partial charge in [-0.15, -0.1) is 0 Å². The first-order valence-electron chi connectivity index (χ1n) is 10.6. The molecule has 0 unspecified atom stereocenters. The first-order valence-corrected chi connectivity index (χ1v) is 11.6. The number of carbonyl (C=O) groups excluding carboxylic acids is 1. The van der Waals surface area contributed by atoms with Gasteiger partial charge >= 0.3 is 0 Å². The molecule has 1 amide bonds. The zero-order valence-corrected chi connectivity index (χ0v) is 19.8. The van der Waals surface area contributed by atoms with Gasteiger partial charge in [-0.2, -0.15) is 5.10 Å². The number of hydrazone groups is 1. The Kier molecular flexibility index (Phi) is 7.02. The van der Waals surface area contributed by atoms with E-state index in [4.69, 9.17) is 0 Å². The van der Waals surface area contributed by atoms with Gasteiger partial charge in [-0.3, -0.25) is 24.3 Å². The van der Waals surface area contributed by atoms with Crippen molar-refractivity contribution >= 4 is 40.0 Å². The number of nitrogens with zero attached hydrogens (tertiary/aromatic N) is 4. The predicted octanol–water partition coefficient (Wildman–Crippen LogP) is 4.23. The molecule has 1 aromatic heterocycles. The normalized spacial score (nSPS) is 11.4. The number of hydrogen-bond donors (Lipinski definition) is 1. The lowest BCUT2D eigenvalue weighted by Crippen LogP contribution is -2.25. The number of hydrogen-bond acceptors (Lipinski definition) is 7. The van der Waals surface area contributed by atoms with E-state index >= 15 is 0 Å². The highest BCUT2D eigenvalue weighted by Gasteiger charge is 2.16. The van der Waals surface area contributed by atoms with Gasteiger partial charge in [0.15, 0.2) is 5.16 Å². The minimum absolute atomic E-state index is 0.0201. The molecule has 1 N–H and O–H groups in total. The number of carbonyl (C=O) groups is 1. The van der Waals surface area contributed by atoms with Gasteiger partial charge in [0.05, 0.1) is 33.0 Å². The van der Waals surface area contributed by atoms with Crippen molar-refractivity contribution in [3.05, 3.63) is 104 Å². The second-order valence-corrected chi connectivity index (χ2v) is 8.61. The number of aromatic nitrogens is 2. The maximum atomic E-state index is 13.3. The summed E-state index contributed by atoms with van der Waals surface area (Å²) in [5.41, 5.74) is 5.56. The predicted molar refractivity (Wildman–Crippen MR) is 136 cm³/mol. The molecule has 0 spiro atoms. The second kappa shape index (κ2) is 10.3. The highest BCUT2D eigenvalue weighted by atomic mass is 32.2. The van der Waals surface area contributed by atoms with Gasteiger partial charge in [0, 0.05) is 12.1 Å². The average molecular weight is 488 g/mol. The van der Waals surface area contributed by atoms with Crippen molar-refractivity contribution in [2.75, 3.05) is 5.75 Å². The first kappa shape index (κ1) is 23.8. The summed E-state index contributed by atoms with van der Waals surface area (Å²) in [4.78, 5) is 40.8. The Hall–Kier alpha value is -4.31. The standard InChI is InChI=1S/C25H21N5O4S/c1-16-7-3-6-10-22(16)29-24(32)20-8-4-5-9-21(20)26-25(29)35-15-23(31)28-27-17(2)18-11-13-19(14-12-18)30(33)34/h3-14H,15H2,1-2H3,(H,28,31)/b27-17-. The highest BCUT2D eigenvalue weighted by molar-refractivity contribution is 7.99. The summed E-state index contributed by atoms with van der Waals surface area (Å²) < 4.78 is 1.53. The number of non-ortho nitro benzene ring substituents is 1. The molecule has 10 heteroatoms. The van der Waals surface area contributed by atoms with Gasteiger partial charge in [0.25, 0.3) is 17.2 Å². The summed E-state index contributed by atoms with van der Waals surface area (Å²) in [6.45, 7) is 3.60. The number of thioether (sulfide) groups is 1. The number of amides is 1. The molecule has 4 aromatic rings. The van der Waals surface area contributed by atoms with Crippen LogP contribution in [0.4, 0.5) is 5.69 Å². The third-order valence-corrected chi connectivity index (χ3v) is 6.22. The van der Waals surface area contributed by atoms with E-state index in [2.05, 4.69) is 15.5 Å². The van der Waals surface area contributed by atoms with Crippen LogP contribution in [0.3, 0.4) is 0 Å². The molecule has 0 saturated carbocycles. The Morgan fingerprint density at radius 1 is 1.09 bits per heavy atom. The Morgan fingerprint density at radius 2 is 1.77 bits per heavy atom. The Balaban J connectivity index is 1.55. The van der Waals surface area contributed by atoms with Crippen molar-refractivity contribution in [1.82, 2.24) is 15.0 Å². The van der Waals surface area contributed by atoms with Crippen molar-refractivity contribution < 1.29 is 9.72 Å². The zero-order chi connectivity index (χ0) is 24.9. The number of para-hydroxylation sites is 2. The maximum Gasteiger partial charge on any atom is 0.269 e. The Bertz CT molecular complexity index is 1510. The molecule has 0 atom stereocenters. The van der Waals surface area contributed by atoms with Crippen LogP contribution in [-0.2, 0) is 4.79 Å². The number of nitro benzene ring substituents is 1. The first-order chi connectivity index (χ1) is 16.8. The van der Waals surface area contributed by atoms with Crippen LogP contribution in [0.15, 0.2) is 87.8 Å². The minimum atomic E-state index is -0.480. The van der Waals surface area contributed by atoms with Gasteiger partial charge in [-0.1, -0.05) is 42.1 Å². The molecule has 0 fully saturated rings. The quantitative estimate of drug-likeness (QED) is 0.137. The smallest absolute Gasteiger partial charge is 0.269 e. The summed E-state index contributed by atoms with van der Waals surface area (Å²) in [6.07, 6.45) is 0. The van der Waals surface area contributed by atoms with E-state index in [1.807, 2.05) is 37.3 Å². The number of nitro groups is 1. The lowest BCUT2D eigenvalue weighted by molar-refractivity contribution is -0.384. The summed E-state index contributed by atoms with van der Waals surface area (Å²) in [7, 11) is 0. The van der Waals surface area contributed by atoms with Crippen LogP contribution in [0.25, 0.3) is 16.6 Å². The van der Waals surface area contributed by atoms with E-state index in [9.17, 15) is 19.7 Å². The summed E-state index contributed by atoms with van der Waals surface area (Å²) in [5, 5.41) is 15.8. The lowest BCUT2D eigenvalue weighted by Gasteiger charge is -2.14. The highest BCUT2D eigenvalue weighted by Crippen LogP contribution is 2.23.